The zero-order chi connectivity index (χ0) is 10.6. The van der Waals surface area contributed by atoms with Gasteiger partial charge in [0.2, 0.25) is 5.69 Å². The molecule has 0 aliphatic rings. The van der Waals surface area contributed by atoms with Crippen LogP contribution in [0.25, 0.3) is 4.85 Å². The lowest BCUT2D eigenvalue weighted by atomic mass is 10.2. The fourth-order valence-electron chi connectivity index (χ4n) is 1.01. The fourth-order valence-corrected chi connectivity index (χ4v) is 1.01. The van der Waals surface area contributed by atoms with Gasteiger partial charge in [-0.25, -0.2) is 9.64 Å². The van der Waals surface area contributed by atoms with Gasteiger partial charge in [-0.2, -0.15) is 0 Å². The predicted molar refractivity (Wildman–Crippen MR) is 50.6 cm³/mol. The van der Waals surface area contributed by atoms with E-state index in [1.807, 2.05) is 0 Å². The minimum absolute atomic E-state index is 0.233. The van der Waals surface area contributed by atoms with Gasteiger partial charge in [0.25, 0.3) is 0 Å². The summed E-state index contributed by atoms with van der Waals surface area (Å²) < 4.78 is 9.46. The van der Waals surface area contributed by atoms with Crippen LogP contribution in [0.2, 0.25) is 0 Å². The first-order valence-corrected chi connectivity index (χ1v) is 3.86. The van der Waals surface area contributed by atoms with Gasteiger partial charge in [0.1, 0.15) is 5.75 Å². The summed E-state index contributed by atoms with van der Waals surface area (Å²) in [6.07, 6.45) is 0. The molecule has 1 aromatic carbocycles. The van der Waals surface area contributed by atoms with Gasteiger partial charge in [-0.15, -0.1) is 0 Å². The summed E-state index contributed by atoms with van der Waals surface area (Å²) in [6, 6.07) is 4.62. The van der Waals surface area contributed by atoms with E-state index in [0.717, 1.165) is 0 Å². The van der Waals surface area contributed by atoms with Crippen LogP contribution in [-0.2, 0) is 4.74 Å². The van der Waals surface area contributed by atoms with Crippen molar-refractivity contribution in [1.82, 2.24) is 0 Å². The average Bonchev–Trinajstić information content (AvgIpc) is 2.27. The van der Waals surface area contributed by atoms with Crippen LogP contribution in [0.5, 0.6) is 5.75 Å². The number of hydrogen-bond donors (Lipinski definition) is 0. The largest absolute Gasteiger partial charge is 0.498 e. The van der Waals surface area contributed by atoms with Crippen molar-refractivity contribution in [3.05, 3.63) is 35.2 Å². The maximum Gasteiger partial charge on any atom is 0.327 e. The molecular weight excluding hydrogens is 182 g/mol. The monoisotopic (exact) mass is 191 g/mol. The molecule has 0 radical (unpaired) electrons. The molecule has 0 bridgehead atoms. The molecule has 14 heavy (non-hydrogen) atoms. The number of esters is 1. The molecule has 0 saturated heterocycles. The van der Waals surface area contributed by atoms with Gasteiger partial charge in [-0.05, 0) is 12.1 Å². The van der Waals surface area contributed by atoms with E-state index in [0.29, 0.717) is 5.75 Å². The van der Waals surface area contributed by atoms with Crippen molar-refractivity contribution in [2.75, 3.05) is 14.2 Å². The summed E-state index contributed by atoms with van der Waals surface area (Å²) in [5.74, 6) is 0.0299. The van der Waals surface area contributed by atoms with E-state index in [4.69, 9.17) is 11.3 Å². The summed E-state index contributed by atoms with van der Waals surface area (Å²) in [6.45, 7) is 6.89. The number of carbonyl (C=O) groups excluding carboxylic acids is 1. The first kappa shape index (κ1) is 10.1. The van der Waals surface area contributed by atoms with Crippen LogP contribution in [0.15, 0.2) is 18.2 Å². The normalized spacial score (nSPS) is 8.93. The molecule has 0 aliphatic carbocycles. The Balaban J connectivity index is 3.20. The minimum Gasteiger partial charge on any atom is -0.498 e. The number of methoxy groups -OCH3 is 2. The quantitative estimate of drug-likeness (QED) is 0.530. The number of ether oxygens (including phenoxy) is 2. The topological polar surface area (TPSA) is 39.9 Å². The van der Waals surface area contributed by atoms with Crippen LogP contribution in [0.4, 0.5) is 5.69 Å². The Morgan fingerprint density at radius 2 is 2.14 bits per heavy atom. The molecule has 0 fully saturated rings. The van der Waals surface area contributed by atoms with Gasteiger partial charge in [-0.3, -0.25) is 0 Å². The molecule has 0 atom stereocenters. The van der Waals surface area contributed by atoms with Gasteiger partial charge in [0, 0.05) is 0 Å². The van der Waals surface area contributed by atoms with E-state index >= 15 is 0 Å². The lowest BCUT2D eigenvalue weighted by Gasteiger charge is -2.04. The third kappa shape index (κ3) is 1.83. The second kappa shape index (κ2) is 4.28. The highest BCUT2D eigenvalue weighted by molar-refractivity contribution is 5.96. The minimum atomic E-state index is -0.515. The van der Waals surface area contributed by atoms with E-state index in [2.05, 4.69) is 9.58 Å². The molecule has 1 aromatic rings. The van der Waals surface area contributed by atoms with E-state index in [1.165, 1.54) is 26.4 Å². The predicted octanol–water partition coefficient (Wildman–Crippen LogP) is 2.03. The van der Waals surface area contributed by atoms with Crippen molar-refractivity contribution >= 4 is 11.7 Å². The Morgan fingerprint density at radius 3 is 2.64 bits per heavy atom. The van der Waals surface area contributed by atoms with Crippen LogP contribution in [0, 0.1) is 6.57 Å². The maximum absolute atomic E-state index is 11.2. The SMILES string of the molecule is [C-]#[N+]c1cc(OC)ccc1C(=O)OC. The Labute approximate surface area is 81.9 Å². The Bertz CT molecular complexity index is 393. The molecule has 72 valence electrons. The van der Waals surface area contributed by atoms with Gasteiger partial charge in [0.15, 0.2) is 0 Å². The molecule has 4 nitrogen and oxygen atoms in total. The van der Waals surface area contributed by atoms with Crippen molar-refractivity contribution in [3.8, 4) is 5.75 Å². The molecule has 0 unspecified atom stereocenters. The van der Waals surface area contributed by atoms with Crippen molar-refractivity contribution in [2.24, 2.45) is 0 Å². The molecule has 0 saturated carbocycles. The van der Waals surface area contributed by atoms with Gasteiger partial charge in [0.05, 0.1) is 26.4 Å². The number of hydrogen-bond acceptors (Lipinski definition) is 3. The molecule has 0 aromatic heterocycles. The van der Waals surface area contributed by atoms with E-state index < -0.39 is 5.97 Å². The average molecular weight is 191 g/mol. The molecule has 4 heteroatoms. The zero-order valence-corrected chi connectivity index (χ0v) is 7.90. The first-order valence-electron chi connectivity index (χ1n) is 3.86. The van der Waals surface area contributed by atoms with E-state index in [9.17, 15) is 4.79 Å². The van der Waals surface area contributed by atoms with Crippen molar-refractivity contribution in [3.63, 3.8) is 0 Å². The lowest BCUT2D eigenvalue weighted by Crippen LogP contribution is -2.01. The second-order valence-electron chi connectivity index (χ2n) is 2.49. The van der Waals surface area contributed by atoms with Crippen LogP contribution < -0.4 is 4.74 Å². The number of nitrogens with zero attached hydrogens (tertiary/aromatic N) is 1. The standard InChI is InChI=1S/C10H9NO3/c1-11-9-6-7(13-2)4-5-8(9)10(12)14-3/h4-6H,2-3H3. The number of carbonyl (C=O) groups is 1. The second-order valence-corrected chi connectivity index (χ2v) is 2.49. The summed E-state index contributed by atoms with van der Waals surface area (Å²) in [5, 5.41) is 0. The van der Waals surface area contributed by atoms with Crippen molar-refractivity contribution in [1.29, 1.82) is 0 Å². The van der Waals surface area contributed by atoms with E-state index in [1.54, 1.807) is 6.07 Å². The highest BCUT2D eigenvalue weighted by atomic mass is 16.5. The van der Waals surface area contributed by atoms with Crippen molar-refractivity contribution in [2.45, 2.75) is 0 Å². The van der Waals surface area contributed by atoms with Crippen LogP contribution in [0.1, 0.15) is 10.4 Å². The summed E-state index contributed by atoms with van der Waals surface area (Å²) in [5.41, 5.74) is 0.486. The molecular formula is C10H9NO3. The Kier molecular flexibility index (Phi) is 3.08. The Hall–Kier alpha value is -2.02. The summed E-state index contributed by atoms with van der Waals surface area (Å²) in [7, 11) is 2.78. The molecule has 0 N–H and O–H groups in total. The van der Waals surface area contributed by atoms with Crippen LogP contribution >= 0.6 is 0 Å². The highest BCUT2D eigenvalue weighted by Gasteiger charge is 2.12. The molecule has 0 amide bonds. The molecule has 0 spiro atoms. The zero-order valence-electron chi connectivity index (χ0n) is 7.90. The van der Waals surface area contributed by atoms with Gasteiger partial charge in [-0.1, -0.05) is 6.07 Å². The summed E-state index contributed by atoms with van der Waals surface area (Å²) in [4.78, 5) is 14.4. The lowest BCUT2D eigenvalue weighted by molar-refractivity contribution is 0.0602. The summed E-state index contributed by atoms with van der Waals surface area (Å²) >= 11 is 0. The third-order valence-electron chi connectivity index (χ3n) is 1.73. The van der Waals surface area contributed by atoms with Crippen molar-refractivity contribution < 1.29 is 14.3 Å². The molecule has 0 heterocycles. The smallest absolute Gasteiger partial charge is 0.327 e. The number of benzene rings is 1. The third-order valence-corrected chi connectivity index (χ3v) is 1.73. The fraction of sp³-hybridized carbons (Fsp3) is 0.200. The molecule has 0 aliphatic heterocycles. The van der Waals surface area contributed by atoms with Gasteiger partial charge >= 0.3 is 5.97 Å². The van der Waals surface area contributed by atoms with Crippen LogP contribution in [-0.4, -0.2) is 20.2 Å². The van der Waals surface area contributed by atoms with E-state index in [-0.39, 0.29) is 11.3 Å². The highest BCUT2D eigenvalue weighted by Crippen LogP contribution is 2.25. The van der Waals surface area contributed by atoms with Gasteiger partial charge < -0.3 is 9.47 Å². The maximum atomic E-state index is 11.2. The number of rotatable bonds is 2. The molecule has 1 rings (SSSR count). The van der Waals surface area contributed by atoms with Crippen LogP contribution in [0.3, 0.4) is 0 Å². The Morgan fingerprint density at radius 1 is 1.43 bits per heavy atom. The first-order chi connectivity index (χ1) is 6.72.